The van der Waals surface area contributed by atoms with Gasteiger partial charge in [0.05, 0.1) is 12.8 Å². The number of aliphatic carboxylic acids is 3. The number of hydrogen-bond acceptors (Lipinski definition) is 4. The summed E-state index contributed by atoms with van der Waals surface area (Å²) < 4.78 is 0. The van der Waals surface area contributed by atoms with Gasteiger partial charge in [-0.05, 0) is 0 Å². The van der Waals surface area contributed by atoms with Crippen LogP contribution >= 0.6 is 0 Å². The van der Waals surface area contributed by atoms with E-state index in [2.05, 4.69) is 0 Å². The molecule has 0 saturated heterocycles. The van der Waals surface area contributed by atoms with Crippen LogP contribution < -0.4 is 0 Å². The first-order valence-corrected chi connectivity index (χ1v) is 3.17. The SMILES string of the molecule is O=C(O)CC(O)(CC(=O)O)C(=O)O.[H+].[NaH]. The van der Waals surface area contributed by atoms with Gasteiger partial charge in [0, 0.05) is 0 Å². The zero-order valence-corrected chi connectivity index (χ0v) is 6.43. The maximum absolute atomic E-state index is 10.3. The van der Waals surface area contributed by atoms with Crippen LogP contribution in [0.4, 0.5) is 0 Å². The monoisotopic (exact) mass is 217 g/mol. The van der Waals surface area contributed by atoms with Crippen LogP contribution in [-0.2, 0) is 14.4 Å². The van der Waals surface area contributed by atoms with Crippen LogP contribution in [-0.4, -0.2) is 73.5 Å². The van der Waals surface area contributed by atoms with Crippen molar-refractivity contribution in [3.63, 3.8) is 0 Å². The van der Waals surface area contributed by atoms with E-state index in [1.165, 1.54) is 0 Å². The minimum absolute atomic E-state index is 0. The predicted molar refractivity (Wildman–Crippen MR) is 45.4 cm³/mol. The Labute approximate surface area is 102 Å². The minimum atomic E-state index is -2.74. The summed E-state index contributed by atoms with van der Waals surface area (Å²) in [4.78, 5) is 30.5. The van der Waals surface area contributed by atoms with Crippen LogP contribution in [0, 0.1) is 0 Å². The van der Waals surface area contributed by atoms with E-state index in [9.17, 15) is 14.4 Å². The Morgan fingerprint density at radius 1 is 1.00 bits per heavy atom. The van der Waals surface area contributed by atoms with Gasteiger partial charge in [-0.2, -0.15) is 0 Å². The number of carbonyl (C=O) groups is 3. The van der Waals surface area contributed by atoms with Gasteiger partial charge >= 0.3 is 48.9 Å². The average molecular weight is 217 g/mol. The van der Waals surface area contributed by atoms with Gasteiger partial charge in [-0.25, -0.2) is 4.79 Å². The summed E-state index contributed by atoms with van der Waals surface area (Å²) in [5, 5.41) is 33.8. The summed E-state index contributed by atoms with van der Waals surface area (Å²) in [6.45, 7) is 0. The molecule has 0 amide bonds. The fourth-order valence-corrected chi connectivity index (χ4v) is 0.714. The molecule has 0 saturated carbocycles. The molecule has 0 aliphatic carbocycles. The molecule has 0 unspecified atom stereocenters. The Morgan fingerprint density at radius 2 is 1.29 bits per heavy atom. The molecule has 0 heterocycles. The molecule has 0 bridgehead atoms. The molecule has 0 aromatic rings. The molecule has 0 aromatic carbocycles. The van der Waals surface area contributed by atoms with Crippen LogP contribution in [0.3, 0.4) is 0 Å². The Morgan fingerprint density at radius 3 is 1.43 bits per heavy atom. The second-order valence-electron chi connectivity index (χ2n) is 2.48. The van der Waals surface area contributed by atoms with Crippen molar-refractivity contribution in [3.05, 3.63) is 0 Å². The normalized spacial score (nSPS) is 10.1. The third-order valence-corrected chi connectivity index (χ3v) is 1.29. The average Bonchev–Trinajstić information content (AvgIpc) is 1.82. The quantitative estimate of drug-likeness (QED) is 0.400. The third kappa shape index (κ3) is 5.18. The summed E-state index contributed by atoms with van der Waals surface area (Å²) in [6.07, 6.45) is -2.29. The zero-order chi connectivity index (χ0) is 10.6. The first kappa shape index (κ1) is 15.8. The Balaban J connectivity index is -0.000000720. The summed E-state index contributed by atoms with van der Waals surface area (Å²) in [5.41, 5.74) is -2.74. The van der Waals surface area contributed by atoms with Gasteiger partial charge in [0.15, 0.2) is 5.60 Å². The number of aliphatic hydroxyl groups is 1. The van der Waals surface area contributed by atoms with Gasteiger partial charge in [0.2, 0.25) is 0 Å². The summed E-state index contributed by atoms with van der Waals surface area (Å²) in [6, 6.07) is 0. The number of hydrogen-bond donors (Lipinski definition) is 4. The van der Waals surface area contributed by atoms with Crippen molar-refractivity contribution < 1.29 is 36.2 Å². The molecular weight excluding hydrogens is 207 g/mol. The van der Waals surface area contributed by atoms with Gasteiger partial charge < -0.3 is 20.4 Å². The molecule has 14 heavy (non-hydrogen) atoms. The van der Waals surface area contributed by atoms with Crippen LogP contribution in [0.1, 0.15) is 14.3 Å². The Bertz CT molecular complexity index is 238. The Kier molecular flexibility index (Phi) is 6.75. The van der Waals surface area contributed by atoms with Gasteiger partial charge in [-0.1, -0.05) is 0 Å². The standard InChI is InChI=1S/C6H8O7.Na.H/c7-3(8)1-6(13,5(11)12)2-4(9)10;;/h13H,1-2H2,(H,7,8)(H,9,10)(H,11,12);;/p+1. The van der Waals surface area contributed by atoms with E-state index in [-0.39, 0.29) is 31.0 Å². The second-order valence-corrected chi connectivity index (χ2v) is 2.48. The van der Waals surface area contributed by atoms with Crippen molar-refractivity contribution in [3.8, 4) is 0 Å². The molecule has 0 radical (unpaired) electrons. The first-order chi connectivity index (χ1) is 5.78. The van der Waals surface area contributed by atoms with E-state index in [0.29, 0.717) is 0 Å². The maximum atomic E-state index is 10.3. The number of carboxylic acid groups (broad SMARTS) is 3. The van der Waals surface area contributed by atoms with Crippen molar-refractivity contribution in [1.29, 1.82) is 0 Å². The summed E-state index contributed by atoms with van der Waals surface area (Å²) in [7, 11) is 0. The molecule has 0 spiro atoms. The number of carboxylic acids is 3. The summed E-state index contributed by atoms with van der Waals surface area (Å²) in [5.74, 6) is -5.02. The molecule has 76 valence electrons. The molecule has 7 nitrogen and oxygen atoms in total. The van der Waals surface area contributed by atoms with Gasteiger partial charge in [-0.3, -0.25) is 9.59 Å². The van der Waals surface area contributed by atoms with Crippen LogP contribution in [0.5, 0.6) is 0 Å². The molecule has 0 atom stereocenters. The van der Waals surface area contributed by atoms with Crippen LogP contribution in [0.15, 0.2) is 0 Å². The predicted octanol–water partition coefficient (Wildman–Crippen LogP) is -1.78. The molecule has 4 N–H and O–H groups in total. The molecule has 0 rings (SSSR count). The van der Waals surface area contributed by atoms with E-state index in [0.717, 1.165) is 0 Å². The molecule has 0 aliphatic rings. The van der Waals surface area contributed by atoms with Crippen LogP contribution in [0.2, 0.25) is 0 Å². The first-order valence-electron chi connectivity index (χ1n) is 3.17. The molecule has 8 heteroatoms. The van der Waals surface area contributed by atoms with Crippen LogP contribution in [0.25, 0.3) is 0 Å². The van der Waals surface area contributed by atoms with Crippen molar-refractivity contribution in [2.75, 3.05) is 0 Å². The summed E-state index contributed by atoms with van der Waals surface area (Å²) >= 11 is 0. The second kappa shape index (κ2) is 5.97. The Hall–Kier alpha value is -0.630. The van der Waals surface area contributed by atoms with Crippen molar-refractivity contribution >= 4 is 47.5 Å². The molecular formula is C6H10NaO7+. The topological polar surface area (TPSA) is 132 Å². The van der Waals surface area contributed by atoms with Gasteiger partial charge in [0.25, 0.3) is 0 Å². The van der Waals surface area contributed by atoms with Gasteiger partial charge in [0.1, 0.15) is 0 Å². The van der Waals surface area contributed by atoms with E-state index >= 15 is 0 Å². The van der Waals surface area contributed by atoms with E-state index < -0.39 is 36.4 Å². The number of rotatable bonds is 5. The zero-order valence-electron chi connectivity index (χ0n) is 7.43. The van der Waals surface area contributed by atoms with E-state index in [1.807, 2.05) is 0 Å². The van der Waals surface area contributed by atoms with Crippen molar-refractivity contribution in [2.24, 2.45) is 0 Å². The van der Waals surface area contributed by atoms with Gasteiger partial charge in [-0.15, -0.1) is 0 Å². The molecule has 0 aliphatic heterocycles. The molecule has 0 fully saturated rings. The fraction of sp³-hybridized carbons (Fsp3) is 0.500. The third-order valence-electron chi connectivity index (χ3n) is 1.29. The van der Waals surface area contributed by atoms with Crippen molar-refractivity contribution in [1.82, 2.24) is 0 Å². The van der Waals surface area contributed by atoms with E-state index in [4.69, 9.17) is 20.4 Å². The molecule has 0 aromatic heterocycles. The fourth-order valence-electron chi connectivity index (χ4n) is 0.714. The van der Waals surface area contributed by atoms with Crippen molar-refractivity contribution in [2.45, 2.75) is 18.4 Å². The van der Waals surface area contributed by atoms with E-state index in [1.54, 1.807) is 0 Å².